The minimum atomic E-state index is -1.10. The summed E-state index contributed by atoms with van der Waals surface area (Å²) in [6.07, 6.45) is 0. The van der Waals surface area contributed by atoms with Crippen LogP contribution in [0.1, 0.15) is 28.2 Å². The maximum absolute atomic E-state index is 13.2. The number of ether oxygens (including phenoxy) is 2. The SMILES string of the molecule is Cc1ccc(Nc2nc3c(c(=O)[nH]2)C(c2ccc4c(c2)OCCO4)C(C#N)C(=O)N3)cc1C. The van der Waals surface area contributed by atoms with Crippen molar-refractivity contribution in [2.45, 2.75) is 19.8 Å². The van der Waals surface area contributed by atoms with E-state index in [1.165, 1.54) is 0 Å². The number of hydrogen-bond donors (Lipinski definition) is 3. The summed E-state index contributed by atoms with van der Waals surface area (Å²) < 4.78 is 11.2. The number of nitrogens with zero attached hydrogens (tertiary/aromatic N) is 2. The molecule has 166 valence electrons. The van der Waals surface area contributed by atoms with Crippen LogP contribution in [0.3, 0.4) is 0 Å². The molecule has 33 heavy (non-hydrogen) atoms. The van der Waals surface area contributed by atoms with Gasteiger partial charge in [0.1, 0.15) is 24.9 Å². The van der Waals surface area contributed by atoms with Gasteiger partial charge in [0.2, 0.25) is 11.9 Å². The Morgan fingerprint density at radius 3 is 2.61 bits per heavy atom. The van der Waals surface area contributed by atoms with Gasteiger partial charge in [0.05, 0.1) is 11.6 Å². The molecule has 0 saturated heterocycles. The van der Waals surface area contributed by atoms with Crippen LogP contribution in [-0.2, 0) is 4.79 Å². The standard InChI is InChI=1S/C24H21N5O4/c1-12-3-5-15(9-13(12)2)26-24-28-21-20(23(31)29-24)19(16(11-25)22(30)27-21)14-4-6-17-18(10-14)33-8-7-32-17/h3-6,9-10,16,19H,7-8H2,1-2H3,(H3,26,27,28,29,30,31). The molecular formula is C24H21N5O4. The van der Waals surface area contributed by atoms with Crippen molar-refractivity contribution >= 4 is 23.4 Å². The van der Waals surface area contributed by atoms with Crippen LogP contribution in [0.4, 0.5) is 17.5 Å². The van der Waals surface area contributed by atoms with Crippen molar-refractivity contribution in [1.82, 2.24) is 9.97 Å². The lowest BCUT2D eigenvalue weighted by Crippen LogP contribution is -2.38. The van der Waals surface area contributed by atoms with Crippen LogP contribution in [0.5, 0.6) is 11.5 Å². The van der Waals surface area contributed by atoms with Crippen LogP contribution in [0, 0.1) is 31.1 Å². The number of rotatable bonds is 3. The van der Waals surface area contributed by atoms with E-state index in [1.54, 1.807) is 18.2 Å². The third-order valence-electron chi connectivity index (χ3n) is 5.96. The number of aryl methyl sites for hydroxylation is 2. The first kappa shape index (κ1) is 20.6. The van der Waals surface area contributed by atoms with Crippen molar-refractivity contribution in [1.29, 1.82) is 5.26 Å². The van der Waals surface area contributed by atoms with Crippen molar-refractivity contribution < 1.29 is 14.3 Å². The van der Waals surface area contributed by atoms with Gasteiger partial charge in [-0.2, -0.15) is 10.2 Å². The molecule has 2 atom stereocenters. The predicted molar refractivity (Wildman–Crippen MR) is 121 cm³/mol. The lowest BCUT2D eigenvalue weighted by molar-refractivity contribution is -0.119. The smallest absolute Gasteiger partial charge is 0.258 e. The largest absolute Gasteiger partial charge is 0.486 e. The Labute approximate surface area is 189 Å². The zero-order valence-electron chi connectivity index (χ0n) is 18.1. The summed E-state index contributed by atoms with van der Waals surface area (Å²) in [4.78, 5) is 33.1. The van der Waals surface area contributed by atoms with E-state index in [2.05, 4.69) is 20.6 Å². The first-order chi connectivity index (χ1) is 15.9. The van der Waals surface area contributed by atoms with Crippen LogP contribution in [0.2, 0.25) is 0 Å². The summed E-state index contributed by atoms with van der Waals surface area (Å²) in [7, 11) is 0. The Bertz CT molecular complexity index is 1370. The van der Waals surface area contributed by atoms with Gasteiger partial charge in [0, 0.05) is 11.6 Å². The minimum absolute atomic E-state index is 0.126. The Balaban J connectivity index is 1.58. The Kier molecular flexibility index (Phi) is 4.98. The van der Waals surface area contributed by atoms with E-state index in [-0.39, 0.29) is 17.3 Å². The Hall–Kier alpha value is -4.32. The van der Waals surface area contributed by atoms with Gasteiger partial charge in [-0.15, -0.1) is 0 Å². The lowest BCUT2D eigenvalue weighted by Gasteiger charge is -2.29. The maximum Gasteiger partial charge on any atom is 0.258 e. The van der Waals surface area contributed by atoms with E-state index < -0.39 is 23.3 Å². The fourth-order valence-corrected chi connectivity index (χ4v) is 4.14. The zero-order chi connectivity index (χ0) is 23.1. The fourth-order valence-electron chi connectivity index (χ4n) is 4.14. The van der Waals surface area contributed by atoms with Crippen LogP contribution in [0.25, 0.3) is 0 Å². The number of hydrogen-bond acceptors (Lipinski definition) is 7. The molecule has 0 spiro atoms. The second kappa shape index (κ2) is 7.98. The van der Waals surface area contributed by atoms with Gasteiger partial charge in [-0.25, -0.2) is 0 Å². The van der Waals surface area contributed by atoms with E-state index >= 15 is 0 Å². The number of amides is 1. The third kappa shape index (κ3) is 3.65. The number of anilines is 3. The monoisotopic (exact) mass is 443 g/mol. The van der Waals surface area contributed by atoms with Crippen molar-refractivity contribution in [2.24, 2.45) is 5.92 Å². The molecule has 3 N–H and O–H groups in total. The van der Waals surface area contributed by atoms with Gasteiger partial charge < -0.3 is 20.1 Å². The maximum atomic E-state index is 13.2. The molecule has 2 aliphatic heterocycles. The van der Waals surface area contributed by atoms with Gasteiger partial charge in [-0.3, -0.25) is 14.6 Å². The van der Waals surface area contributed by atoms with Crippen molar-refractivity contribution in [2.75, 3.05) is 23.8 Å². The quantitative estimate of drug-likeness (QED) is 0.567. The number of H-pyrrole nitrogens is 1. The molecule has 9 heteroatoms. The molecule has 2 aliphatic rings. The molecule has 1 amide bonds. The summed E-state index contributed by atoms with van der Waals surface area (Å²) in [6.45, 7) is 4.85. The molecule has 1 aromatic heterocycles. The molecule has 0 saturated carbocycles. The molecule has 9 nitrogen and oxygen atoms in total. The van der Waals surface area contributed by atoms with Crippen LogP contribution in [-0.4, -0.2) is 29.1 Å². The normalized spacial score (nSPS) is 18.6. The molecule has 2 aromatic carbocycles. The van der Waals surface area contributed by atoms with Crippen LogP contribution in [0.15, 0.2) is 41.2 Å². The van der Waals surface area contributed by atoms with Gasteiger partial charge >= 0.3 is 0 Å². The summed E-state index contributed by atoms with van der Waals surface area (Å²) in [5, 5.41) is 15.4. The summed E-state index contributed by atoms with van der Waals surface area (Å²) in [5.41, 5.74) is 3.37. The van der Waals surface area contributed by atoms with Gasteiger partial charge in [-0.1, -0.05) is 12.1 Å². The van der Waals surface area contributed by atoms with E-state index in [0.717, 1.165) is 16.8 Å². The predicted octanol–water partition coefficient (Wildman–Crippen LogP) is 3.13. The van der Waals surface area contributed by atoms with E-state index in [4.69, 9.17) is 9.47 Å². The molecule has 0 bridgehead atoms. The number of nitrogens with one attached hydrogen (secondary N) is 3. The average molecular weight is 443 g/mol. The number of fused-ring (bicyclic) bond motifs is 2. The Morgan fingerprint density at radius 1 is 1.06 bits per heavy atom. The van der Waals surface area contributed by atoms with E-state index in [1.807, 2.05) is 38.1 Å². The number of benzene rings is 2. The highest BCUT2D eigenvalue weighted by Crippen LogP contribution is 2.41. The Morgan fingerprint density at radius 2 is 1.85 bits per heavy atom. The topological polar surface area (TPSA) is 129 Å². The zero-order valence-corrected chi connectivity index (χ0v) is 18.1. The van der Waals surface area contributed by atoms with Crippen LogP contribution < -0.4 is 25.7 Å². The summed E-state index contributed by atoms with van der Waals surface area (Å²) in [5.74, 6) is -0.998. The highest BCUT2D eigenvalue weighted by molar-refractivity contribution is 5.98. The highest BCUT2D eigenvalue weighted by atomic mass is 16.6. The van der Waals surface area contributed by atoms with E-state index in [9.17, 15) is 14.9 Å². The van der Waals surface area contributed by atoms with Gasteiger partial charge in [-0.05, 0) is 54.8 Å². The molecule has 5 rings (SSSR count). The minimum Gasteiger partial charge on any atom is -0.486 e. The third-order valence-corrected chi connectivity index (χ3v) is 5.96. The number of carbonyl (C=O) groups is 1. The average Bonchev–Trinajstić information content (AvgIpc) is 2.80. The van der Waals surface area contributed by atoms with Crippen molar-refractivity contribution in [3.05, 3.63) is 69.0 Å². The van der Waals surface area contributed by atoms with Gasteiger partial charge in [0.25, 0.3) is 5.56 Å². The molecule has 2 unspecified atom stereocenters. The second-order valence-corrected chi connectivity index (χ2v) is 8.08. The molecule has 3 heterocycles. The van der Waals surface area contributed by atoms with E-state index in [0.29, 0.717) is 30.3 Å². The lowest BCUT2D eigenvalue weighted by atomic mass is 9.79. The number of aromatic nitrogens is 2. The number of carbonyl (C=O) groups excluding carboxylic acids is 1. The summed E-state index contributed by atoms with van der Waals surface area (Å²) in [6, 6.07) is 13.0. The molecule has 0 fully saturated rings. The highest BCUT2D eigenvalue weighted by Gasteiger charge is 2.40. The van der Waals surface area contributed by atoms with Crippen molar-refractivity contribution in [3.63, 3.8) is 0 Å². The molecule has 0 radical (unpaired) electrons. The molecular weight excluding hydrogens is 422 g/mol. The first-order valence-corrected chi connectivity index (χ1v) is 10.5. The number of aromatic amines is 1. The molecule has 3 aromatic rings. The number of nitriles is 1. The fraction of sp³-hybridized carbons (Fsp3) is 0.250. The molecule has 0 aliphatic carbocycles. The second-order valence-electron chi connectivity index (χ2n) is 8.08. The van der Waals surface area contributed by atoms with Gasteiger partial charge in [0.15, 0.2) is 11.5 Å². The van der Waals surface area contributed by atoms with Crippen molar-refractivity contribution in [3.8, 4) is 17.6 Å². The summed E-state index contributed by atoms with van der Waals surface area (Å²) >= 11 is 0. The first-order valence-electron chi connectivity index (χ1n) is 10.5. The van der Waals surface area contributed by atoms with Crippen LogP contribution >= 0.6 is 0 Å².